The van der Waals surface area contributed by atoms with Gasteiger partial charge in [-0.3, -0.25) is 4.79 Å². The van der Waals surface area contributed by atoms with Crippen LogP contribution < -0.4 is 11.1 Å². The molecular weight excluding hydrogens is 318 g/mol. The van der Waals surface area contributed by atoms with Crippen LogP contribution in [0.3, 0.4) is 0 Å². The van der Waals surface area contributed by atoms with Gasteiger partial charge in [0.05, 0.1) is 11.1 Å². The maximum atomic E-state index is 12.3. The molecule has 2 atom stereocenters. The predicted octanol–water partition coefficient (Wildman–Crippen LogP) is 2.95. The molecule has 0 spiro atoms. The number of carbonyl (C=O) groups is 1. The fourth-order valence-electron chi connectivity index (χ4n) is 2.25. The Hall–Kier alpha value is -0.650. The fourth-order valence-corrected chi connectivity index (χ4v) is 2.73. The van der Waals surface area contributed by atoms with E-state index in [1.807, 2.05) is 6.92 Å². The largest absolute Gasteiger partial charge is 0.327 e. The molecule has 1 saturated carbocycles. The molecule has 0 radical (unpaired) electrons. The summed E-state index contributed by atoms with van der Waals surface area (Å²) in [5, 5.41) is 3.10. The molecule has 1 aliphatic carbocycles. The summed E-state index contributed by atoms with van der Waals surface area (Å²) in [6.45, 7) is 1.90. The van der Waals surface area contributed by atoms with Crippen LogP contribution in [0.2, 0.25) is 5.15 Å². The Morgan fingerprint density at radius 3 is 3.06 bits per heavy atom. The molecule has 0 saturated heterocycles. The van der Waals surface area contributed by atoms with Crippen molar-refractivity contribution in [3.05, 3.63) is 21.9 Å². The summed E-state index contributed by atoms with van der Waals surface area (Å²) in [6.07, 6.45) is 4.25. The Bertz CT molecular complexity index is 482. The van der Waals surface area contributed by atoms with Crippen LogP contribution >= 0.6 is 27.5 Å². The molecule has 1 aromatic rings. The highest BCUT2D eigenvalue weighted by Crippen LogP contribution is 2.38. The van der Waals surface area contributed by atoms with Crippen LogP contribution in [-0.4, -0.2) is 16.9 Å². The van der Waals surface area contributed by atoms with Crippen LogP contribution in [0.25, 0.3) is 0 Å². The van der Waals surface area contributed by atoms with Gasteiger partial charge in [0, 0.05) is 16.7 Å². The molecule has 4 nitrogen and oxygen atoms in total. The lowest BCUT2D eigenvalue weighted by molar-refractivity contribution is -0.125. The number of anilines is 1. The molecule has 1 aliphatic rings. The molecule has 2 unspecified atom stereocenters. The maximum Gasteiger partial charge on any atom is 0.231 e. The number of nitrogens with one attached hydrogen (secondary N) is 1. The predicted molar refractivity (Wildman–Crippen MR) is 75.5 cm³/mol. The van der Waals surface area contributed by atoms with Crippen molar-refractivity contribution >= 4 is 39.1 Å². The number of nitrogens with two attached hydrogens (primary N) is 1. The van der Waals surface area contributed by atoms with Crippen LogP contribution in [0.5, 0.6) is 0 Å². The van der Waals surface area contributed by atoms with Crippen LogP contribution in [0.1, 0.15) is 26.2 Å². The van der Waals surface area contributed by atoms with Gasteiger partial charge in [-0.2, -0.15) is 0 Å². The van der Waals surface area contributed by atoms with Crippen LogP contribution in [0.4, 0.5) is 5.69 Å². The average molecular weight is 333 g/mol. The number of hydrogen-bond donors (Lipinski definition) is 2. The molecular formula is C12H15BrClN3O. The number of carbonyl (C=O) groups excluding carboxylic acids is 1. The highest BCUT2D eigenvalue weighted by atomic mass is 79.9. The van der Waals surface area contributed by atoms with E-state index in [-0.39, 0.29) is 17.1 Å². The summed E-state index contributed by atoms with van der Waals surface area (Å²) in [6, 6.07) is 1.63. The van der Waals surface area contributed by atoms with Crippen LogP contribution in [-0.2, 0) is 4.79 Å². The Morgan fingerprint density at radius 1 is 1.72 bits per heavy atom. The molecule has 98 valence electrons. The van der Waals surface area contributed by atoms with Gasteiger partial charge < -0.3 is 11.1 Å². The molecule has 3 N–H and O–H groups in total. The molecule has 1 amide bonds. The van der Waals surface area contributed by atoms with E-state index in [1.165, 1.54) is 0 Å². The van der Waals surface area contributed by atoms with E-state index in [4.69, 9.17) is 17.3 Å². The van der Waals surface area contributed by atoms with Crippen molar-refractivity contribution in [3.8, 4) is 0 Å². The van der Waals surface area contributed by atoms with Crippen molar-refractivity contribution in [2.75, 3.05) is 5.32 Å². The van der Waals surface area contributed by atoms with E-state index < -0.39 is 5.41 Å². The summed E-state index contributed by atoms with van der Waals surface area (Å²) in [4.78, 5) is 16.3. The second kappa shape index (κ2) is 5.15. The lowest BCUT2D eigenvalue weighted by Gasteiger charge is -2.27. The lowest BCUT2D eigenvalue weighted by atomic mass is 9.84. The standard InChI is InChI=1S/C12H15BrClN3O/c1-12(4-2-3-9(12)15)11(18)17-8-5-7(13)6-16-10(8)14/h5-6,9H,2-4,15H2,1H3,(H,17,18). The van der Waals surface area contributed by atoms with Crippen molar-refractivity contribution < 1.29 is 4.79 Å². The first kappa shape index (κ1) is 13.8. The van der Waals surface area contributed by atoms with Gasteiger partial charge in [0.1, 0.15) is 0 Å². The minimum absolute atomic E-state index is 0.0886. The Labute approximate surface area is 119 Å². The first-order valence-electron chi connectivity index (χ1n) is 5.81. The van der Waals surface area contributed by atoms with Gasteiger partial charge in [-0.1, -0.05) is 18.0 Å². The van der Waals surface area contributed by atoms with Crippen LogP contribution in [0.15, 0.2) is 16.7 Å². The van der Waals surface area contributed by atoms with Gasteiger partial charge >= 0.3 is 0 Å². The Kier molecular flexibility index (Phi) is 3.94. The van der Waals surface area contributed by atoms with Crippen molar-refractivity contribution in [2.45, 2.75) is 32.2 Å². The topological polar surface area (TPSA) is 68.0 Å². The average Bonchev–Trinajstić information content (AvgIpc) is 2.66. The van der Waals surface area contributed by atoms with Gasteiger partial charge in [0.15, 0.2) is 5.15 Å². The zero-order chi connectivity index (χ0) is 13.3. The molecule has 0 aliphatic heterocycles. The van der Waals surface area contributed by atoms with E-state index >= 15 is 0 Å². The van der Waals surface area contributed by atoms with Gasteiger partial charge in [0.2, 0.25) is 5.91 Å². The number of pyridine rings is 1. The monoisotopic (exact) mass is 331 g/mol. The minimum atomic E-state index is -0.522. The third-order valence-corrected chi connectivity index (χ3v) is 4.34. The summed E-state index contributed by atoms with van der Waals surface area (Å²) in [5.41, 5.74) is 6.01. The molecule has 18 heavy (non-hydrogen) atoms. The zero-order valence-corrected chi connectivity index (χ0v) is 12.4. The first-order valence-corrected chi connectivity index (χ1v) is 6.98. The molecule has 6 heteroatoms. The highest BCUT2D eigenvalue weighted by Gasteiger charge is 2.43. The van der Waals surface area contributed by atoms with Crippen molar-refractivity contribution in [1.29, 1.82) is 0 Å². The normalized spacial score (nSPS) is 27.2. The molecule has 0 bridgehead atoms. The minimum Gasteiger partial charge on any atom is -0.327 e. The lowest BCUT2D eigenvalue weighted by Crippen LogP contribution is -2.44. The van der Waals surface area contributed by atoms with Crippen molar-refractivity contribution in [3.63, 3.8) is 0 Å². The smallest absolute Gasteiger partial charge is 0.231 e. The highest BCUT2D eigenvalue weighted by molar-refractivity contribution is 9.10. The molecule has 0 aromatic carbocycles. The molecule has 2 rings (SSSR count). The quantitative estimate of drug-likeness (QED) is 0.818. The van der Waals surface area contributed by atoms with Gasteiger partial charge in [-0.25, -0.2) is 4.98 Å². The third-order valence-electron chi connectivity index (χ3n) is 3.60. The molecule has 1 aromatic heterocycles. The maximum absolute atomic E-state index is 12.3. The number of amides is 1. The van der Waals surface area contributed by atoms with Crippen LogP contribution in [0, 0.1) is 5.41 Å². The van der Waals surface area contributed by atoms with E-state index in [9.17, 15) is 4.79 Å². The van der Waals surface area contributed by atoms with E-state index in [0.29, 0.717) is 5.69 Å². The number of halogens is 2. The third kappa shape index (κ3) is 2.53. The summed E-state index contributed by atoms with van der Waals surface area (Å²) >= 11 is 9.25. The van der Waals surface area contributed by atoms with E-state index in [0.717, 1.165) is 23.7 Å². The Balaban J connectivity index is 2.19. The number of nitrogens with zero attached hydrogens (tertiary/aromatic N) is 1. The summed E-state index contributed by atoms with van der Waals surface area (Å²) in [5.74, 6) is -0.0886. The van der Waals surface area contributed by atoms with E-state index in [2.05, 4.69) is 26.2 Å². The number of hydrogen-bond acceptors (Lipinski definition) is 3. The second-order valence-electron chi connectivity index (χ2n) is 4.86. The van der Waals surface area contributed by atoms with Crippen molar-refractivity contribution in [1.82, 2.24) is 4.98 Å². The molecule has 1 fully saturated rings. The van der Waals surface area contributed by atoms with Crippen molar-refractivity contribution in [2.24, 2.45) is 11.1 Å². The van der Waals surface area contributed by atoms with Gasteiger partial charge in [-0.15, -0.1) is 0 Å². The second-order valence-corrected chi connectivity index (χ2v) is 6.14. The van der Waals surface area contributed by atoms with Gasteiger partial charge in [0.25, 0.3) is 0 Å². The fraction of sp³-hybridized carbons (Fsp3) is 0.500. The number of aromatic nitrogens is 1. The Morgan fingerprint density at radius 2 is 2.44 bits per heavy atom. The van der Waals surface area contributed by atoms with E-state index in [1.54, 1.807) is 12.3 Å². The SMILES string of the molecule is CC1(C(=O)Nc2cc(Br)cnc2Cl)CCCC1N. The summed E-state index contributed by atoms with van der Waals surface area (Å²) < 4.78 is 0.767. The zero-order valence-electron chi connectivity index (χ0n) is 10.0. The molecule has 1 heterocycles. The first-order chi connectivity index (χ1) is 8.43. The van der Waals surface area contributed by atoms with Gasteiger partial charge in [-0.05, 0) is 41.8 Å². The number of rotatable bonds is 2. The summed E-state index contributed by atoms with van der Waals surface area (Å²) in [7, 11) is 0.